The molecule has 2 aromatic carbocycles. The van der Waals surface area contributed by atoms with Crippen LogP contribution in [0.3, 0.4) is 0 Å². The molecule has 0 radical (unpaired) electrons. The topological polar surface area (TPSA) is 101 Å². The molecule has 0 aliphatic heterocycles. The highest BCUT2D eigenvalue weighted by atomic mass is 16.5. The van der Waals surface area contributed by atoms with Crippen LogP contribution in [0.1, 0.15) is 27.6 Å². The van der Waals surface area contributed by atoms with E-state index in [0.717, 1.165) is 10.9 Å². The first-order valence-corrected chi connectivity index (χ1v) is 9.36. The Bertz CT molecular complexity index is 1250. The van der Waals surface area contributed by atoms with Crippen molar-refractivity contribution in [2.24, 2.45) is 0 Å². The van der Waals surface area contributed by atoms with Gasteiger partial charge in [-0.1, -0.05) is 36.4 Å². The van der Waals surface area contributed by atoms with Crippen molar-refractivity contribution in [2.45, 2.75) is 6.92 Å². The molecule has 1 amide bonds. The maximum atomic E-state index is 12.6. The maximum Gasteiger partial charge on any atom is 0.360 e. The van der Waals surface area contributed by atoms with Crippen LogP contribution >= 0.6 is 0 Å². The van der Waals surface area contributed by atoms with Crippen molar-refractivity contribution in [1.82, 2.24) is 4.98 Å². The number of rotatable bonds is 5. The van der Waals surface area contributed by atoms with Crippen LogP contribution in [0.4, 0.5) is 5.69 Å². The lowest BCUT2D eigenvalue weighted by Gasteiger charge is -2.09. The second-order valence-corrected chi connectivity index (χ2v) is 6.50. The number of H-pyrrole nitrogens is 1. The molecule has 2 heterocycles. The molecule has 0 unspecified atom stereocenters. The lowest BCUT2D eigenvalue weighted by molar-refractivity contribution is 0.0524. The largest absolute Gasteiger partial charge is 0.462 e. The first kappa shape index (κ1) is 19.2. The smallest absolute Gasteiger partial charge is 0.360 e. The third kappa shape index (κ3) is 3.73. The average Bonchev–Trinajstić information content (AvgIpc) is 3.19. The Balaban J connectivity index is 1.79. The molecule has 7 nitrogen and oxygen atoms in total. The Hall–Kier alpha value is -4.13. The number of carbonyl (C=O) groups is 2. The highest BCUT2D eigenvalue weighted by molar-refractivity contribution is 6.05. The van der Waals surface area contributed by atoms with E-state index in [1.54, 1.807) is 43.3 Å². The van der Waals surface area contributed by atoms with E-state index < -0.39 is 17.5 Å². The summed E-state index contributed by atoms with van der Waals surface area (Å²) in [6.45, 7) is 1.83. The lowest BCUT2D eigenvalue weighted by Crippen LogP contribution is -2.20. The molecular weight excluding hydrogens is 384 g/mol. The number of esters is 1. The molecule has 2 aromatic heterocycles. The minimum absolute atomic E-state index is 0.0337. The van der Waals surface area contributed by atoms with Crippen LogP contribution in [-0.4, -0.2) is 23.5 Å². The van der Waals surface area contributed by atoms with Crippen molar-refractivity contribution in [2.75, 3.05) is 11.9 Å². The number of benzene rings is 2. The third-order valence-corrected chi connectivity index (χ3v) is 4.50. The molecule has 0 saturated carbocycles. The van der Waals surface area contributed by atoms with E-state index in [9.17, 15) is 14.4 Å². The summed E-state index contributed by atoms with van der Waals surface area (Å²) < 4.78 is 10.6. The minimum Gasteiger partial charge on any atom is -0.462 e. The number of fused-ring (bicyclic) bond motifs is 1. The number of hydrogen-bond acceptors (Lipinski definition) is 5. The Morgan fingerprint density at radius 2 is 1.77 bits per heavy atom. The molecule has 0 spiro atoms. The summed E-state index contributed by atoms with van der Waals surface area (Å²) >= 11 is 0. The van der Waals surface area contributed by atoms with E-state index in [2.05, 4.69) is 10.3 Å². The summed E-state index contributed by atoms with van der Waals surface area (Å²) in [5.41, 5.74) is 0.761. The van der Waals surface area contributed by atoms with Crippen LogP contribution in [0.5, 0.6) is 0 Å². The summed E-state index contributed by atoms with van der Waals surface area (Å²) in [7, 11) is 0. The van der Waals surface area contributed by atoms with Crippen LogP contribution in [0.2, 0.25) is 0 Å². The van der Waals surface area contributed by atoms with Gasteiger partial charge in [-0.2, -0.15) is 0 Å². The fraction of sp³-hybridized carbons (Fsp3) is 0.0870. The minimum atomic E-state index is -0.777. The first-order valence-electron chi connectivity index (χ1n) is 9.36. The number of aromatic nitrogens is 1. The monoisotopic (exact) mass is 402 g/mol. The van der Waals surface area contributed by atoms with Gasteiger partial charge in [-0.15, -0.1) is 0 Å². The van der Waals surface area contributed by atoms with Crippen molar-refractivity contribution in [3.8, 4) is 11.5 Å². The van der Waals surface area contributed by atoms with Crippen molar-refractivity contribution in [1.29, 1.82) is 0 Å². The van der Waals surface area contributed by atoms with Gasteiger partial charge in [-0.05, 0) is 37.3 Å². The summed E-state index contributed by atoms with van der Waals surface area (Å²) in [5.74, 6) is -1.10. The molecule has 7 heteroatoms. The molecular formula is C23H18N2O5. The fourth-order valence-corrected chi connectivity index (χ4v) is 3.10. The zero-order valence-corrected chi connectivity index (χ0v) is 16.1. The van der Waals surface area contributed by atoms with Crippen molar-refractivity contribution in [3.05, 3.63) is 88.3 Å². The van der Waals surface area contributed by atoms with E-state index >= 15 is 0 Å². The number of ether oxygens (including phenoxy) is 1. The van der Waals surface area contributed by atoms with Crippen LogP contribution in [-0.2, 0) is 4.74 Å². The maximum absolute atomic E-state index is 12.6. The predicted octanol–water partition coefficient (Wildman–Crippen LogP) is 4.22. The molecule has 2 N–H and O–H groups in total. The number of aromatic amines is 1. The molecule has 0 atom stereocenters. The van der Waals surface area contributed by atoms with Gasteiger partial charge in [0.2, 0.25) is 0 Å². The van der Waals surface area contributed by atoms with E-state index in [0.29, 0.717) is 11.3 Å². The number of amides is 1. The molecule has 0 saturated heterocycles. The van der Waals surface area contributed by atoms with Gasteiger partial charge >= 0.3 is 11.6 Å². The van der Waals surface area contributed by atoms with Crippen LogP contribution in [0.15, 0.2) is 75.9 Å². The second-order valence-electron chi connectivity index (χ2n) is 6.50. The Morgan fingerprint density at radius 3 is 2.50 bits per heavy atom. The van der Waals surface area contributed by atoms with Crippen LogP contribution in [0, 0.1) is 0 Å². The Morgan fingerprint density at radius 1 is 1.03 bits per heavy atom. The molecule has 4 rings (SSSR count). The summed E-state index contributed by atoms with van der Waals surface area (Å²) in [6.07, 6.45) is 0. The molecule has 30 heavy (non-hydrogen) atoms. The number of hydrogen-bond donors (Lipinski definition) is 2. The molecule has 4 aromatic rings. The number of anilines is 1. The predicted molar refractivity (Wildman–Crippen MR) is 113 cm³/mol. The summed E-state index contributed by atoms with van der Waals surface area (Å²) in [5, 5.41) is 3.40. The molecule has 0 fully saturated rings. The number of nitrogens with one attached hydrogen (secondary N) is 2. The van der Waals surface area contributed by atoms with Crippen molar-refractivity contribution < 1.29 is 18.7 Å². The molecule has 0 bridgehead atoms. The van der Waals surface area contributed by atoms with E-state index in [-0.39, 0.29) is 23.6 Å². The van der Waals surface area contributed by atoms with Gasteiger partial charge in [0.25, 0.3) is 5.91 Å². The molecule has 0 aliphatic rings. The zero-order chi connectivity index (χ0) is 21.1. The normalized spacial score (nSPS) is 10.7. The van der Waals surface area contributed by atoms with Crippen LogP contribution in [0.25, 0.3) is 22.4 Å². The highest BCUT2D eigenvalue weighted by Crippen LogP contribution is 2.28. The van der Waals surface area contributed by atoms with Crippen molar-refractivity contribution >= 4 is 28.5 Å². The van der Waals surface area contributed by atoms with Crippen LogP contribution < -0.4 is 10.9 Å². The van der Waals surface area contributed by atoms with Crippen molar-refractivity contribution in [3.63, 3.8) is 0 Å². The van der Waals surface area contributed by atoms with Gasteiger partial charge in [0.1, 0.15) is 11.3 Å². The molecule has 150 valence electrons. The average molecular weight is 402 g/mol. The first-order chi connectivity index (χ1) is 14.6. The highest BCUT2D eigenvalue weighted by Gasteiger charge is 2.22. The van der Waals surface area contributed by atoms with E-state index in [4.69, 9.17) is 9.15 Å². The lowest BCUT2D eigenvalue weighted by atomic mass is 10.1. The Kier molecular flexibility index (Phi) is 5.17. The number of para-hydroxylation sites is 1. The van der Waals surface area contributed by atoms with Gasteiger partial charge in [0.15, 0.2) is 5.76 Å². The summed E-state index contributed by atoms with van der Waals surface area (Å²) in [4.78, 5) is 40.7. The van der Waals surface area contributed by atoms with Gasteiger partial charge in [-0.3, -0.25) is 4.79 Å². The SMILES string of the molecule is CCOC(=O)c1cc(NC(=O)c2ccccc2)c(=O)oc1-c1cc2ccccc2[nH]1. The van der Waals surface area contributed by atoms with Gasteiger partial charge in [-0.25, -0.2) is 9.59 Å². The Labute approximate surface area is 171 Å². The van der Waals surface area contributed by atoms with Gasteiger partial charge < -0.3 is 19.5 Å². The molecule has 0 aliphatic carbocycles. The van der Waals surface area contributed by atoms with Gasteiger partial charge in [0, 0.05) is 16.5 Å². The van der Waals surface area contributed by atoms with E-state index in [1.807, 2.05) is 24.3 Å². The number of carbonyl (C=O) groups excluding carboxylic acids is 2. The fourth-order valence-electron chi connectivity index (χ4n) is 3.10. The third-order valence-electron chi connectivity index (χ3n) is 4.50. The zero-order valence-electron chi connectivity index (χ0n) is 16.1. The van der Waals surface area contributed by atoms with Gasteiger partial charge in [0.05, 0.1) is 12.3 Å². The standard InChI is InChI=1S/C23H18N2O5/c1-2-29-22(27)16-13-19(25-21(26)14-8-4-3-5-9-14)23(28)30-20(16)18-12-15-10-6-7-11-17(15)24-18/h3-13,24H,2H2,1H3,(H,25,26). The second kappa shape index (κ2) is 8.08. The summed E-state index contributed by atoms with van der Waals surface area (Å²) in [6, 6.07) is 19.0. The quantitative estimate of drug-likeness (QED) is 0.487. The van der Waals surface area contributed by atoms with E-state index in [1.165, 1.54) is 6.07 Å².